The van der Waals surface area contributed by atoms with E-state index in [4.69, 9.17) is 5.11 Å². The maximum atomic E-state index is 13.1. The zero-order chi connectivity index (χ0) is 27.2. The average Bonchev–Trinajstić information content (AvgIpc) is 3.36. The summed E-state index contributed by atoms with van der Waals surface area (Å²) in [6.07, 6.45) is 0. The molecule has 0 aliphatic rings. The van der Waals surface area contributed by atoms with Gasteiger partial charge in [-0.3, -0.25) is 9.59 Å². The van der Waals surface area contributed by atoms with Crippen molar-refractivity contribution >= 4 is 57.7 Å². The molecule has 0 radical (unpaired) electrons. The lowest BCUT2D eigenvalue weighted by Gasteiger charge is -2.09. The molecule has 38 heavy (non-hydrogen) atoms. The van der Waals surface area contributed by atoms with Gasteiger partial charge in [-0.25, -0.2) is 19.0 Å². The number of amides is 2. The molecule has 9 nitrogen and oxygen atoms in total. The summed E-state index contributed by atoms with van der Waals surface area (Å²) in [6, 6.07) is 15.7. The lowest BCUT2D eigenvalue weighted by atomic mass is 10.0. The number of carboxylic acid groups (broad SMARTS) is 2. The molecule has 3 aromatic carbocycles. The predicted molar refractivity (Wildman–Crippen MR) is 142 cm³/mol. The van der Waals surface area contributed by atoms with Crippen molar-refractivity contribution in [3.8, 4) is 11.3 Å². The first kappa shape index (κ1) is 26.5. The fraction of sp³-hybridized carbons (Fsp3) is 0.0385. The molecule has 0 aliphatic carbocycles. The number of thioether (sulfide) groups is 1. The third kappa shape index (κ3) is 6.60. The molecule has 0 bridgehead atoms. The molecule has 0 unspecified atom stereocenters. The molecule has 2 amide bonds. The minimum Gasteiger partial charge on any atom is -0.478 e. The quantitative estimate of drug-likeness (QED) is 0.204. The number of thiazole rings is 1. The van der Waals surface area contributed by atoms with Crippen LogP contribution in [0.15, 0.2) is 77.0 Å². The van der Waals surface area contributed by atoms with Gasteiger partial charge in [-0.15, -0.1) is 23.1 Å². The highest BCUT2D eigenvalue weighted by Crippen LogP contribution is 2.26. The Hall–Kier alpha value is -4.55. The molecule has 0 aliphatic heterocycles. The molecular formula is C26H18FN3O6S2. The first-order valence-electron chi connectivity index (χ1n) is 10.9. The molecule has 1 heterocycles. The number of carboxylic acids is 2. The highest BCUT2D eigenvalue weighted by atomic mass is 32.2. The van der Waals surface area contributed by atoms with Crippen molar-refractivity contribution < 1.29 is 33.8 Å². The molecule has 0 saturated heterocycles. The van der Waals surface area contributed by atoms with Crippen molar-refractivity contribution in [1.29, 1.82) is 0 Å². The Morgan fingerprint density at radius 3 is 2.24 bits per heavy atom. The van der Waals surface area contributed by atoms with E-state index in [2.05, 4.69) is 15.6 Å². The highest BCUT2D eigenvalue weighted by molar-refractivity contribution is 8.00. The van der Waals surface area contributed by atoms with Crippen LogP contribution in [0.3, 0.4) is 0 Å². The summed E-state index contributed by atoms with van der Waals surface area (Å²) in [6.45, 7) is 0. The molecule has 1 aromatic heterocycles. The number of nitrogens with one attached hydrogen (secondary N) is 2. The van der Waals surface area contributed by atoms with Gasteiger partial charge in [-0.05, 0) is 66.7 Å². The van der Waals surface area contributed by atoms with Crippen LogP contribution in [0.5, 0.6) is 0 Å². The summed E-state index contributed by atoms with van der Waals surface area (Å²) < 4.78 is 13.1. The molecule has 0 saturated carbocycles. The molecule has 4 aromatic rings. The second kappa shape index (κ2) is 11.7. The van der Waals surface area contributed by atoms with E-state index in [1.807, 2.05) is 0 Å². The van der Waals surface area contributed by atoms with Crippen LogP contribution in [0.2, 0.25) is 0 Å². The molecule has 12 heteroatoms. The number of rotatable bonds is 9. The van der Waals surface area contributed by atoms with Crippen molar-refractivity contribution in [2.24, 2.45) is 0 Å². The van der Waals surface area contributed by atoms with Gasteiger partial charge in [-0.1, -0.05) is 0 Å². The summed E-state index contributed by atoms with van der Waals surface area (Å²) in [5.74, 6) is -3.93. The van der Waals surface area contributed by atoms with Crippen LogP contribution in [0.1, 0.15) is 31.1 Å². The predicted octanol–water partition coefficient (Wildman–Crippen LogP) is 5.33. The summed E-state index contributed by atoms with van der Waals surface area (Å²) >= 11 is 2.52. The van der Waals surface area contributed by atoms with Gasteiger partial charge in [0.15, 0.2) is 5.13 Å². The summed E-state index contributed by atoms with van der Waals surface area (Å²) in [4.78, 5) is 52.6. The second-order valence-electron chi connectivity index (χ2n) is 7.73. The lowest BCUT2D eigenvalue weighted by Crippen LogP contribution is -2.17. The molecular weight excluding hydrogens is 533 g/mol. The second-order valence-corrected chi connectivity index (χ2v) is 9.64. The first-order chi connectivity index (χ1) is 18.2. The van der Waals surface area contributed by atoms with E-state index in [9.17, 15) is 28.7 Å². The van der Waals surface area contributed by atoms with Crippen LogP contribution >= 0.6 is 23.1 Å². The number of hydrogen-bond donors (Lipinski definition) is 4. The van der Waals surface area contributed by atoms with E-state index in [1.165, 1.54) is 35.2 Å². The normalized spacial score (nSPS) is 10.6. The van der Waals surface area contributed by atoms with Gasteiger partial charge in [0.2, 0.25) is 5.91 Å². The Labute approximate surface area is 223 Å². The van der Waals surface area contributed by atoms with Crippen LogP contribution in [0.4, 0.5) is 15.2 Å². The third-order valence-corrected chi connectivity index (χ3v) is 6.88. The van der Waals surface area contributed by atoms with Crippen molar-refractivity contribution in [3.05, 3.63) is 94.6 Å². The third-order valence-electron chi connectivity index (χ3n) is 5.11. The molecule has 0 fully saturated rings. The number of halogens is 1. The number of benzene rings is 3. The number of aromatic carboxylic acids is 2. The number of anilines is 2. The van der Waals surface area contributed by atoms with E-state index in [1.54, 1.807) is 41.8 Å². The maximum Gasteiger partial charge on any atom is 0.336 e. The van der Waals surface area contributed by atoms with Crippen molar-refractivity contribution in [2.45, 2.75) is 4.90 Å². The summed E-state index contributed by atoms with van der Waals surface area (Å²) in [7, 11) is 0. The SMILES string of the molecule is O=C(CSc1ccc(NC(=O)c2ccc(C(=O)O)cc2C(=O)O)cc1)Nc1nc(-c2ccc(F)cc2)cs1. The molecule has 4 rings (SSSR count). The minimum absolute atomic E-state index is 0.106. The van der Waals surface area contributed by atoms with E-state index >= 15 is 0 Å². The molecule has 0 spiro atoms. The molecule has 4 N–H and O–H groups in total. The van der Waals surface area contributed by atoms with E-state index in [0.717, 1.165) is 28.7 Å². The summed E-state index contributed by atoms with van der Waals surface area (Å²) in [5, 5.41) is 25.9. The molecule has 0 atom stereocenters. The van der Waals surface area contributed by atoms with Gasteiger partial charge >= 0.3 is 11.9 Å². The van der Waals surface area contributed by atoms with E-state index in [-0.39, 0.29) is 28.6 Å². The Balaban J connectivity index is 1.32. The van der Waals surface area contributed by atoms with Gasteiger partial charge in [0.05, 0.1) is 28.1 Å². The smallest absolute Gasteiger partial charge is 0.336 e. The van der Waals surface area contributed by atoms with Gasteiger partial charge in [0, 0.05) is 21.5 Å². The molecule has 192 valence electrons. The Morgan fingerprint density at radius 2 is 1.58 bits per heavy atom. The number of carbonyl (C=O) groups is 4. The largest absolute Gasteiger partial charge is 0.478 e. The fourth-order valence-electron chi connectivity index (χ4n) is 3.27. The topological polar surface area (TPSA) is 146 Å². The Bertz CT molecular complexity index is 1520. The van der Waals surface area contributed by atoms with E-state index in [0.29, 0.717) is 16.5 Å². The highest BCUT2D eigenvalue weighted by Gasteiger charge is 2.19. The number of carbonyl (C=O) groups excluding carboxylic acids is 2. The summed E-state index contributed by atoms with van der Waals surface area (Å²) in [5.41, 5.74) is 0.907. The van der Waals surface area contributed by atoms with Crippen LogP contribution in [-0.2, 0) is 4.79 Å². The van der Waals surface area contributed by atoms with Crippen LogP contribution in [0, 0.1) is 5.82 Å². The Kier molecular flexibility index (Phi) is 8.14. The van der Waals surface area contributed by atoms with Gasteiger partial charge in [0.25, 0.3) is 5.91 Å². The number of hydrogen-bond acceptors (Lipinski definition) is 7. The maximum absolute atomic E-state index is 13.1. The minimum atomic E-state index is -1.42. The zero-order valence-electron chi connectivity index (χ0n) is 19.3. The van der Waals surface area contributed by atoms with Gasteiger partial charge in [0.1, 0.15) is 5.82 Å². The van der Waals surface area contributed by atoms with Crippen molar-refractivity contribution in [2.75, 3.05) is 16.4 Å². The van der Waals surface area contributed by atoms with E-state index < -0.39 is 23.4 Å². The lowest BCUT2D eigenvalue weighted by molar-refractivity contribution is -0.113. The van der Waals surface area contributed by atoms with Crippen LogP contribution in [-0.4, -0.2) is 44.7 Å². The number of aromatic nitrogens is 1. The van der Waals surface area contributed by atoms with Crippen LogP contribution < -0.4 is 10.6 Å². The van der Waals surface area contributed by atoms with Crippen molar-refractivity contribution in [1.82, 2.24) is 4.98 Å². The standard InChI is InChI=1S/C26H18FN3O6S2/c27-16-4-1-14(2-5-16)21-12-38-26(29-21)30-22(31)13-37-18-8-6-17(7-9-18)28-23(32)19-10-3-15(24(33)34)11-20(19)25(35)36/h1-12H,13H2,(H,28,32)(H,33,34)(H,35,36)(H,29,30,31). The monoisotopic (exact) mass is 551 g/mol. The Morgan fingerprint density at radius 1 is 0.868 bits per heavy atom. The van der Waals surface area contributed by atoms with Gasteiger partial charge in [-0.2, -0.15) is 0 Å². The number of nitrogens with zero attached hydrogens (tertiary/aromatic N) is 1. The average molecular weight is 552 g/mol. The zero-order valence-corrected chi connectivity index (χ0v) is 20.9. The van der Waals surface area contributed by atoms with Crippen LogP contribution in [0.25, 0.3) is 11.3 Å². The van der Waals surface area contributed by atoms with Gasteiger partial charge < -0.3 is 20.8 Å². The first-order valence-corrected chi connectivity index (χ1v) is 12.7. The fourth-order valence-corrected chi connectivity index (χ4v) is 4.71. The van der Waals surface area contributed by atoms with Crippen molar-refractivity contribution in [3.63, 3.8) is 0 Å².